The van der Waals surface area contributed by atoms with Gasteiger partial charge in [0.1, 0.15) is 0 Å². The van der Waals surface area contributed by atoms with Crippen LogP contribution >= 0.6 is 0 Å². The van der Waals surface area contributed by atoms with Crippen molar-refractivity contribution < 1.29 is 9.59 Å². The van der Waals surface area contributed by atoms with Crippen molar-refractivity contribution in [3.63, 3.8) is 0 Å². The Labute approximate surface area is 198 Å². The number of nitrogens with one attached hydrogen (secondary N) is 1. The van der Waals surface area contributed by atoms with Gasteiger partial charge in [-0.1, -0.05) is 54.6 Å². The maximum absolute atomic E-state index is 12.6. The molecule has 2 amide bonds. The molecular formula is C29H25N3O2. The van der Waals surface area contributed by atoms with Gasteiger partial charge in [-0.05, 0) is 49.4 Å². The zero-order valence-electron chi connectivity index (χ0n) is 18.9. The SMILES string of the molecule is O=C1c2ccccc2C(=O)N1CCCCNc1c2c(nc3ccccc13)-c1ccccc1CC2. The summed E-state index contributed by atoms with van der Waals surface area (Å²) in [4.78, 5) is 31.6. The van der Waals surface area contributed by atoms with Gasteiger partial charge in [0.25, 0.3) is 11.8 Å². The summed E-state index contributed by atoms with van der Waals surface area (Å²) in [5.74, 6) is -0.358. The molecule has 2 heterocycles. The average molecular weight is 448 g/mol. The number of carbonyl (C=O) groups excluding carboxylic acids is 2. The third-order valence-corrected chi connectivity index (χ3v) is 6.90. The van der Waals surface area contributed by atoms with Crippen LogP contribution in [0.4, 0.5) is 5.69 Å². The Morgan fingerprint density at radius 1 is 0.765 bits per heavy atom. The van der Waals surface area contributed by atoms with Crippen molar-refractivity contribution in [2.75, 3.05) is 18.4 Å². The molecule has 1 aliphatic carbocycles. The van der Waals surface area contributed by atoms with E-state index in [1.165, 1.54) is 21.6 Å². The van der Waals surface area contributed by atoms with Crippen molar-refractivity contribution in [3.8, 4) is 11.3 Å². The second kappa shape index (κ2) is 8.41. The van der Waals surface area contributed by atoms with Crippen LogP contribution in [-0.2, 0) is 12.8 Å². The van der Waals surface area contributed by atoms with Crippen molar-refractivity contribution in [3.05, 3.63) is 95.1 Å². The molecule has 0 spiro atoms. The predicted molar refractivity (Wildman–Crippen MR) is 134 cm³/mol. The molecule has 0 saturated carbocycles. The van der Waals surface area contributed by atoms with Gasteiger partial charge in [-0.25, -0.2) is 4.98 Å². The summed E-state index contributed by atoms with van der Waals surface area (Å²) >= 11 is 0. The number of unbranched alkanes of at least 4 members (excludes halogenated alkanes) is 1. The molecule has 3 aromatic carbocycles. The van der Waals surface area contributed by atoms with Gasteiger partial charge in [0, 0.05) is 35.3 Å². The van der Waals surface area contributed by atoms with Gasteiger partial charge in [-0.3, -0.25) is 14.5 Å². The lowest BCUT2D eigenvalue weighted by molar-refractivity contribution is 0.0652. The quantitative estimate of drug-likeness (QED) is 0.314. The lowest BCUT2D eigenvalue weighted by Gasteiger charge is -2.24. The molecule has 0 radical (unpaired) electrons. The number of aryl methyl sites for hydroxylation is 1. The molecule has 1 N–H and O–H groups in total. The number of fused-ring (bicyclic) bond motifs is 5. The molecule has 1 aliphatic heterocycles. The molecule has 1 aromatic heterocycles. The Morgan fingerprint density at radius 2 is 1.44 bits per heavy atom. The monoisotopic (exact) mass is 447 g/mol. The summed E-state index contributed by atoms with van der Waals surface area (Å²) < 4.78 is 0. The Bertz CT molecular complexity index is 1410. The van der Waals surface area contributed by atoms with Gasteiger partial charge in [-0.2, -0.15) is 0 Å². The highest BCUT2D eigenvalue weighted by molar-refractivity contribution is 6.21. The largest absolute Gasteiger partial charge is 0.384 e. The number of benzene rings is 3. The first kappa shape index (κ1) is 20.6. The molecule has 0 atom stereocenters. The van der Waals surface area contributed by atoms with E-state index < -0.39 is 0 Å². The lowest BCUT2D eigenvalue weighted by atomic mass is 9.87. The third-order valence-electron chi connectivity index (χ3n) is 6.90. The fourth-order valence-electron chi connectivity index (χ4n) is 5.20. The summed E-state index contributed by atoms with van der Waals surface area (Å²) in [6, 6.07) is 23.9. The van der Waals surface area contributed by atoms with E-state index in [-0.39, 0.29) is 11.8 Å². The molecule has 34 heavy (non-hydrogen) atoms. The van der Waals surface area contributed by atoms with Crippen molar-refractivity contribution in [1.82, 2.24) is 9.88 Å². The second-order valence-corrected chi connectivity index (χ2v) is 8.93. The first-order valence-corrected chi connectivity index (χ1v) is 11.9. The minimum Gasteiger partial charge on any atom is -0.384 e. The Kier molecular flexibility index (Phi) is 5.10. The molecule has 0 fully saturated rings. The first-order valence-electron chi connectivity index (χ1n) is 11.9. The van der Waals surface area contributed by atoms with E-state index in [1.807, 2.05) is 6.07 Å². The highest BCUT2D eigenvalue weighted by atomic mass is 16.2. The number of anilines is 1. The zero-order chi connectivity index (χ0) is 23.1. The number of nitrogens with zero attached hydrogens (tertiary/aromatic N) is 2. The van der Waals surface area contributed by atoms with Gasteiger partial charge in [0.2, 0.25) is 0 Å². The smallest absolute Gasteiger partial charge is 0.261 e. The number of para-hydroxylation sites is 1. The molecule has 5 nitrogen and oxygen atoms in total. The zero-order valence-corrected chi connectivity index (χ0v) is 18.9. The maximum Gasteiger partial charge on any atom is 0.261 e. The van der Waals surface area contributed by atoms with Crippen molar-refractivity contribution >= 4 is 28.4 Å². The molecule has 0 unspecified atom stereocenters. The van der Waals surface area contributed by atoms with Crippen LogP contribution in [0.2, 0.25) is 0 Å². The van der Waals surface area contributed by atoms with Crippen molar-refractivity contribution in [2.45, 2.75) is 25.7 Å². The predicted octanol–water partition coefficient (Wildman–Crippen LogP) is 5.49. The fraction of sp³-hybridized carbons (Fsp3) is 0.207. The number of hydrogen-bond donors (Lipinski definition) is 1. The maximum atomic E-state index is 12.6. The van der Waals surface area contributed by atoms with E-state index in [9.17, 15) is 9.59 Å². The third kappa shape index (κ3) is 3.36. The van der Waals surface area contributed by atoms with Gasteiger partial charge >= 0.3 is 0 Å². The van der Waals surface area contributed by atoms with E-state index in [4.69, 9.17) is 4.98 Å². The van der Waals surface area contributed by atoms with Gasteiger partial charge in [0.05, 0.1) is 22.3 Å². The lowest BCUT2D eigenvalue weighted by Crippen LogP contribution is -2.30. The Balaban J connectivity index is 1.18. The van der Waals surface area contributed by atoms with Crippen LogP contribution in [-0.4, -0.2) is 34.8 Å². The van der Waals surface area contributed by atoms with Crippen molar-refractivity contribution in [1.29, 1.82) is 0 Å². The summed E-state index contributed by atoms with van der Waals surface area (Å²) in [5, 5.41) is 4.82. The van der Waals surface area contributed by atoms with Crippen LogP contribution in [0.3, 0.4) is 0 Å². The van der Waals surface area contributed by atoms with Crippen LogP contribution in [0.5, 0.6) is 0 Å². The summed E-state index contributed by atoms with van der Waals surface area (Å²) in [6.45, 7) is 1.21. The average Bonchev–Trinajstić information content (AvgIpc) is 3.12. The molecule has 168 valence electrons. The highest BCUT2D eigenvalue weighted by Crippen LogP contribution is 2.39. The summed E-state index contributed by atoms with van der Waals surface area (Å²) in [6.07, 6.45) is 3.58. The van der Waals surface area contributed by atoms with E-state index in [1.54, 1.807) is 24.3 Å². The van der Waals surface area contributed by atoms with E-state index in [0.717, 1.165) is 54.5 Å². The number of imide groups is 1. The summed E-state index contributed by atoms with van der Waals surface area (Å²) in [7, 11) is 0. The highest BCUT2D eigenvalue weighted by Gasteiger charge is 2.34. The fourth-order valence-corrected chi connectivity index (χ4v) is 5.20. The Hall–Kier alpha value is -3.99. The normalized spacial score (nSPS) is 14.2. The number of hydrogen-bond acceptors (Lipinski definition) is 4. The van der Waals surface area contributed by atoms with Gasteiger partial charge in [0.15, 0.2) is 0 Å². The van der Waals surface area contributed by atoms with E-state index in [0.29, 0.717) is 17.7 Å². The Morgan fingerprint density at radius 3 is 2.24 bits per heavy atom. The van der Waals surface area contributed by atoms with E-state index >= 15 is 0 Å². The van der Waals surface area contributed by atoms with Crippen LogP contribution in [0.1, 0.15) is 44.7 Å². The minimum atomic E-state index is -0.179. The molecule has 6 rings (SSSR count). The number of carbonyl (C=O) groups is 2. The standard InChI is InChI=1S/C29H25N3O2/c33-28-21-11-3-4-12-22(21)29(34)32(28)18-8-7-17-30-26-23-13-5-6-14-25(23)31-27-20-10-2-1-9-19(20)15-16-24(26)27/h1-6,9-14H,7-8,15-18H2,(H,30,31). The molecule has 0 saturated heterocycles. The van der Waals surface area contributed by atoms with Crippen molar-refractivity contribution in [2.24, 2.45) is 0 Å². The topological polar surface area (TPSA) is 62.3 Å². The second-order valence-electron chi connectivity index (χ2n) is 8.93. The first-order chi connectivity index (χ1) is 16.7. The van der Waals surface area contributed by atoms with Crippen LogP contribution < -0.4 is 5.32 Å². The van der Waals surface area contributed by atoms with Gasteiger partial charge < -0.3 is 5.32 Å². The number of amides is 2. The van der Waals surface area contributed by atoms with Gasteiger partial charge in [-0.15, -0.1) is 0 Å². The summed E-state index contributed by atoms with van der Waals surface area (Å²) in [5.41, 5.74) is 8.11. The number of rotatable bonds is 6. The number of aromatic nitrogens is 1. The molecule has 5 heteroatoms. The molecule has 2 aliphatic rings. The van der Waals surface area contributed by atoms with Crippen LogP contribution in [0.15, 0.2) is 72.8 Å². The molecule has 0 bridgehead atoms. The molecular weight excluding hydrogens is 422 g/mol. The number of pyridine rings is 1. The minimum absolute atomic E-state index is 0.179. The molecule has 4 aromatic rings. The van der Waals surface area contributed by atoms with Crippen LogP contribution in [0, 0.1) is 0 Å². The van der Waals surface area contributed by atoms with Crippen LogP contribution in [0.25, 0.3) is 22.2 Å². The van der Waals surface area contributed by atoms with E-state index in [2.05, 4.69) is 47.8 Å².